The first-order chi connectivity index (χ1) is 10.2. The molecule has 2 atom stereocenters. The predicted octanol–water partition coefficient (Wildman–Crippen LogP) is 3.19. The van der Waals surface area contributed by atoms with Gasteiger partial charge in [0.1, 0.15) is 5.82 Å². The van der Waals surface area contributed by atoms with Crippen LogP contribution < -0.4 is 0 Å². The molecule has 1 aromatic carbocycles. The highest BCUT2D eigenvalue weighted by Crippen LogP contribution is 2.42. The molecule has 2 fully saturated rings. The molecule has 0 aromatic heterocycles. The van der Waals surface area contributed by atoms with Crippen molar-refractivity contribution in [3.63, 3.8) is 0 Å². The highest BCUT2D eigenvalue weighted by Gasteiger charge is 2.47. The fourth-order valence-electron chi connectivity index (χ4n) is 3.54. The van der Waals surface area contributed by atoms with Crippen LogP contribution >= 0.6 is 0 Å². The summed E-state index contributed by atoms with van der Waals surface area (Å²) in [5, 5.41) is 10.5. The Hall–Kier alpha value is -0.950. The van der Waals surface area contributed by atoms with E-state index in [1.807, 2.05) is 0 Å². The molecule has 0 spiro atoms. The third-order valence-electron chi connectivity index (χ3n) is 4.58. The standard InChI is InChI=1S/C15H16F4O2S/c16-13-5-10(15(17,18)19)2-1-9(13)6-14(20)7-11-3-4-12(8-14)22(11)21/h1-2,5,11-12,20H,3-4,6-8H2. The summed E-state index contributed by atoms with van der Waals surface area (Å²) >= 11 is 0. The molecule has 2 aliphatic heterocycles. The zero-order chi connectivity index (χ0) is 16.1. The smallest absolute Gasteiger partial charge is 0.389 e. The van der Waals surface area contributed by atoms with Gasteiger partial charge in [0.2, 0.25) is 0 Å². The molecule has 1 N–H and O–H groups in total. The maximum absolute atomic E-state index is 13.9. The largest absolute Gasteiger partial charge is 0.416 e. The van der Waals surface area contributed by atoms with Gasteiger partial charge in [0.25, 0.3) is 0 Å². The number of benzene rings is 1. The van der Waals surface area contributed by atoms with Crippen molar-refractivity contribution in [1.29, 1.82) is 0 Å². The third kappa shape index (κ3) is 2.93. The molecule has 2 heterocycles. The molecule has 2 nitrogen and oxygen atoms in total. The van der Waals surface area contributed by atoms with Gasteiger partial charge in [-0.05, 0) is 43.4 Å². The minimum Gasteiger partial charge on any atom is -0.389 e. The zero-order valence-corrected chi connectivity index (χ0v) is 12.5. The van der Waals surface area contributed by atoms with Crippen LogP contribution in [0.1, 0.15) is 36.8 Å². The van der Waals surface area contributed by atoms with E-state index in [2.05, 4.69) is 0 Å². The van der Waals surface area contributed by atoms with Crippen LogP contribution in [0.5, 0.6) is 0 Å². The van der Waals surface area contributed by atoms with E-state index < -0.39 is 34.0 Å². The van der Waals surface area contributed by atoms with Crippen molar-refractivity contribution in [2.45, 2.75) is 54.4 Å². The Morgan fingerprint density at radius 2 is 1.82 bits per heavy atom. The van der Waals surface area contributed by atoms with Crippen LogP contribution in [0, 0.1) is 5.82 Å². The van der Waals surface area contributed by atoms with Crippen molar-refractivity contribution in [3.8, 4) is 0 Å². The van der Waals surface area contributed by atoms with Gasteiger partial charge in [0.05, 0.1) is 11.2 Å². The quantitative estimate of drug-likeness (QED) is 0.842. The van der Waals surface area contributed by atoms with E-state index in [0.29, 0.717) is 18.9 Å². The Balaban J connectivity index is 1.80. The van der Waals surface area contributed by atoms with E-state index >= 15 is 0 Å². The van der Waals surface area contributed by atoms with E-state index in [4.69, 9.17) is 0 Å². The topological polar surface area (TPSA) is 37.3 Å². The Bertz CT molecular complexity index is 598. The summed E-state index contributed by atoms with van der Waals surface area (Å²) in [5.41, 5.74) is -2.14. The molecular formula is C15H16F4O2S. The number of aliphatic hydroxyl groups is 1. The van der Waals surface area contributed by atoms with Crippen LogP contribution in [0.3, 0.4) is 0 Å². The molecule has 2 aliphatic rings. The Labute approximate surface area is 128 Å². The lowest BCUT2D eigenvalue weighted by atomic mass is 9.86. The lowest BCUT2D eigenvalue weighted by Crippen LogP contribution is -2.44. The van der Waals surface area contributed by atoms with Gasteiger partial charge in [0.15, 0.2) is 0 Å². The second kappa shape index (κ2) is 5.30. The first kappa shape index (κ1) is 15.9. The molecule has 0 saturated carbocycles. The van der Waals surface area contributed by atoms with E-state index in [9.17, 15) is 26.9 Å². The predicted molar refractivity (Wildman–Crippen MR) is 74.2 cm³/mol. The minimum atomic E-state index is -4.59. The maximum atomic E-state index is 13.9. The zero-order valence-electron chi connectivity index (χ0n) is 11.7. The lowest BCUT2D eigenvalue weighted by Gasteiger charge is -2.36. The van der Waals surface area contributed by atoms with E-state index in [1.165, 1.54) is 0 Å². The second-order valence-electron chi connectivity index (χ2n) is 6.26. The number of rotatable bonds is 2. The molecule has 2 unspecified atom stereocenters. The Morgan fingerprint density at radius 3 is 2.32 bits per heavy atom. The van der Waals surface area contributed by atoms with Crippen LogP contribution in [-0.4, -0.2) is 25.4 Å². The van der Waals surface area contributed by atoms with Gasteiger partial charge in [-0.1, -0.05) is 6.07 Å². The molecule has 3 rings (SSSR count). The summed E-state index contributed by atoms with van der Waals surface area (Å²) in [7, 11) is -0.946. The number of fused-ring (bicyclic) bond motifs is 2. The molecule has 0 amide bonds. The summed E-state index contributed by atoms with van der Waals surface area (Å²) in [6, 6.07) is 2.38. The molecule has 1 aromatic rings. The van der Waals surface area contributed by atoms with Crippen molar-refractivity contribution in [2.24, 2.45) is 0 Å². The average molecular weight is 336 g/mol. The number of hydrogen-bond acceptors (Lipinski definition) is 2. The van der Waals surface area contributed by atoms with Crippen LogP contribution in [0.25, 0.3) is 0 Å². The van der Waals surface area contributed by atoms with Gasteiger partial charge < -0.3 is 5.11 Å². The SMILES string of the molecule is O=S1C2CCC1CC(O)(Cc1ccc(C(F)(F)F)cc1F)C2. The van der Waals surface area contributed by atoms with Crippen LogP contribution in [0.15, 0.2) is 18.2 Å². The monoisotopic (exact) mass is 336 g/mol. The van der Waals surface area contributed by atoms with Gasteiger partial charge in [-0.25, -0.2) is 4.39 Å². The van der Waals surface area contributed by atoms with Crippen LogP contribution in [0.2, 0.25) is 0 Å². The van der Waals surface area contributed by atoms with Crippen LogP contribution in [0.4, 0.5) is 17.6 Å². The summed E-state index contributed by atoms with van der Waals surface area (Å²) < 4.78 is 63.5. The second-order valence-corrected chi connectivity index (χ2v) is 8.25. The summed E-state index contributed by atoms with van der Waals surface area (Å²) in [5.74, 6) is -0.956. The number of halogens is 4. The third-order valence-corrected chi connectivity index (χ3v) is 6.70. The fraction of sp³-hybridized carbons (Fsp3) is 0.600. The van der Waals surface area contributed by atoms with E-state index in [1.54, 1.807) is 0 Å². The molecule has 122 valence electrons. The summed E-state index contributed by atoms with van der Waals surface area (Å²) in [4.78, 5) is 0. The average Bonchev–Trinajstić information content (AvgIpc) is 2.64. The van der Waals surface area contributed by atoms with Crippen molar-refractivity contribution in [1.82, 2.24) is 0 Å². The highest BCUT2D eigenvalue weighted by molar-refractivity contribution is 7.86. The van der Waals surface area contributed by atoms with E-state index in [0.717, 1.165) is 25.0 Å². The summed E-state index contributed by atoms with van der Waals surface area (Å²) in [6.45, 7) is 0. The minimum absolute atomic E-state index is 0.0405. The molecule has 0 radical (unpaired) electrons. The van der Waals surface area contributed by atoms with Crippen molar-refractivity contribution >= 4 is 10.8 Å². The Kier molecular flexibility index (Phi) is 3.84. The molecule has 2 bridgehead atoms. The maximum Gasteiger partial charge on any atom is 0.416 e. The normalized spacial score (nSPS) is 34.9. The van der Waals surface area contributed by atoms with Crippen molar-refractivity contribution in [2.75, 3.05) is 0 Å². The molecule has 0 aliphatic carbocycles. The van der Waals surface area contributed by atoms with Crippen LogP contribution in [-0.2, 0) is 23.4 Å². The number of hydrogen-bond donors (Lipinski definition) is 1. The number of alkyl halides is 3. The lowest BCUT2D eigenvalue weighted by molar-refractivity contribution is -0.137. The van der Waals surface area contributed by atoms with Gasteiger partial charge in [-0.2, -0.15) is 13.2 Å². The molecule has 2 saturated heterocycles. The molecule has 22 heavy (non-hydrogen) atoms. The van der Waals surface area contributed by atoms with Crippen molar-refractivity contribution in [3.05, 3.63) is 35.1 Å². The Morgan fingerprint density at radius 1 is 1.23 bits per heavy atom. The van der Waals surface area contributed by atoms with E-state index in [-0.39, 0.29) is 22.5 Å². The molecule has 7 heteroatoms. The van der Waals surface area contributed by atoms with Gasteiger partial charge in [-0.3, -0.25) is 4.21 Å². The first-order valence-corrected chi connectivity index (χ1v) is 8.43. The molecular weight excluding hydrogens is 320 g/mol. The van der Waals surface area contributed by atoms with Gasteiger partial charge in [-0.15, -0.1) is 0 Å². The van der Waals surface area contributed by atoms with Gasteiger partial charge in [0, 0.05) is 27.7 Å². The van der Waals surface area contributed by atoms with Gasteiger partial charge >= 0.3 is 6.18 Å². The summed E-state index contributed by atoms with van der Waals surface area (Å²) in [6.07, 6.45) is -2.42. The fourth-order valence-corrected chi connectivity index (χ4v) is 5.77. The first-order valence-electron chi connectivity index (χ1n) is 7.15. The highest BCUT2D eigenvalue weighted by atomic mass is 32.2. The van der Waals surface area contributed by atoms with Crippen molar-refractivity contribution < 1.29 is 26.9 Å².